The van der Waals surface area contributed by atoms with E-state index in [0.717, 1.165) is 51.9 Å². The topological polar surface area (TPSA) is 64.7 Å². The van der Waals surface area contributed by atoms with Crippen LogP contribution >= 0.6 is 0 Å². The number of carbonyl (C=O) groups excluding carboxylic acids is 2. The molecule has 0 saturated carbocycles. The number of nitrogens with zero attached hydrogens (tertiary/aromatic N) is 2. The Hall–Kier alpha value is -1.14. The van der Waals surface area contributed by atoms with Gasteiger partial charge in [-0.3, -0.25) is 9.59 Å². The van der Waals surface area contributed by atoms with E-state index in [2.05, 4.69) is 10.6 Å². The van der Waals surface area contributed by atoms with Gasteiger partial charge in [-0.1, -0.05) is 0 Å². The molecule has 22 heavy (non-hydrogen) atoms. The molecule has 0 atom stereocenters. The Bertz CT molecular complexity index is 357. The molecule has 0 aromatic carbocycles. The Labute approximate surface area is 132 Å². The monoisotopic (exact) mass is 308 g/mol. The van der Waals surface area contributed by atoms with Crippen molar-refractivity contribution in [1.82, 2.24) is 20.4 Å². The van der Waals surface area contributed by atoms with Gasteiger partial charge in [-0.2, -0.15) is 0 Å². The molecule has 3 aliphatic heterocycles. The first-order valence-corrected chi connectivity index (χ1v) is 8.74. The Balaban J connectivity index is 1.47. The minimum Gasteiger partial charge on any atom is -0.339 e. The van der Waals surface area contributed by atoms with Crippen LogP contribution in [0, 0.1) is 11.8 Å². The first-order valence-electron chi connectivity index (χ1n) is 8.74. The van der Waals surface area contributed by atoms with Gasteiger partial charge in [0.2, 0.25) is 11.8 Å². The molecule has 6 heteroatoms. The number of carbonyl (C=O) groups is 2. The molecule has 6 nitrogen and oxygen atoms in total. The molecule has 0 radical (unpaired) electrons. The average Bonchev–Trinajstić information content (AvgIpc) is 2.62. The molecule has 0 spiro atoms. The second-order valence-corrected chi connectivity index (χ2v) is 6.70. The van der Waals surface area contributed by atoms with Gasteiger partial charge in [0.1, 0.15) is 0 Å². The minimum absolute atomic E-state index is 0.188. The number of nitrogens with one attached hydrogen (secondary N) is 2. The SMILES string of the molecule is O=C(C1CCNCC1)N1CCN(C(=O)C2CCNCC2)CC1. The van der Waals surface area contributed by atoms with Crippen LogP contribution in [0.2, 0.25) is 0 Å². The van der Waals surface area contributed by atoms with Crippen molar-refractivity contribution in [2.75, 3.05) is 52.4 Å². The van der Waals surface area contributed by atoms with Gasteiger partial charge in [0.05, 0.1) is 0 Å². The van der Waals surface area contributed by atoms with Crippen molar-refractivity contribution >= 4 is 11.8 Å². The zero-order valence-electron chi connectivity index (χ0n) is 13.4. The van der Waals surface area contributed by atoms with Crippen LogP contribution in [-0.2, 0) is 9.59 Å². The fourth-order valence-corrected chi connectivity index (χ4v) is 3.80. The van der Waals surface area contributed by atoms with Gasteiger partial charge in [-0.25, -0.2) is 0 Å². The Morgan fingerprint density at radius 3 is 1.27 bits per heavy atom. The predicted octanol–water partition coefficient (Wildman–Crippen LogP) is -0.344. The van der Waals surface area contributed by atoms with Crippen LogP contribution < -0.4 is 10.6 Å². The van der Waals surface area contributed by atoms with Crippen LogP contribution in [-0.4, -0.2) is 74.0 Å². The molecule has 2 amide bonds. The van der Waals surface area contributed by atoms with Crippen LogP contribution in [0.3, 0.4) is 0 Å². The summed E-state index contributed by atoms with van der Waals surface area (Å²) < 4.78 is 0. The largest absolute Gasteiger partial charge is 0.339 e. The van der Waals surface area contributed by atoms with Crippen LogP contribution in [0.5, 0.6) is 0 Å². The lowest BCUT2D eigenvalue weighted by Crippen LogP contribution is -2.54. The van der Waals surface area contributed by atoms with E-state index >= 15 is 0 Å². The van der Waals surface area contributed by atoms with Gasteiger partial charge in [0.25, 0.3) is 0 Å². The van der Waals surface area contributed by atoms with Crippen molar-refractivity contribution in [3.8, 4) is 0 Å². The summed E-state index contributed by atoms with van der Waals surface area (Å²) in [6.45, 7) is 6.63. The van der Waals surface area contributed by atoms with Crippen molar-refractivity contribution < 1.29 is 9.59 Å². The van der Waals surface area contributed by atoms with Crippen molar-refractivity contribution in [3.63, 3.8) is 0 Å². The molecule has 0 aromatic heterocycles. The van der Waals surface area contributed by atoms with Crippen LogP contribution in [0.15, 0.2) is 0 Å². The molecule has 124 valence electrons. The van der Waals surface area contributed by atoms with Gasteiger partial charge in [-0.05, 0) is 51.9 Å². The predicted molar refractivity (Wildman–Crippen MR) is 84.3 cm³/mol. The van der Waals surface area contributed by atoms with Crippen molar-refractivity contribution in [3.05, 3.63) is 0 Å². The highest BCUT2D eigenvalue weighted by Gasteiger charge is 2.32. The lowest BCUT2D eigenvalue weighted by atomic mass is 9.95. The first-order chi connectivity index (χ1) is 10.8. The number of piperidine rings is 2. The molecule has 3 aliphatic rings. The Morgan fingerprint density at radius 2 is 0.955 bits per heavy atom. The van der Waals surface area contributed by atoms with E-state index < -0.39 is 0 Å². The van der Waals surface area contributed by atoms with E-state index in [1.165, 1.54) is 0 Å². The van der Waals surface area contributed by atoms with Crippen molar-refractivity contribution in [2.45, 2.75) is 25.7 Å². The molecule has 3 rings (SSSR count). The van der Waals surface area contributed by atoms with Crippen molar-refractivity contribution in [1.29, 1.82) is 0 Å². The summed E-state index contributed by atoms with van der Waals surface area (Å²) in [7, 11) is 0. The molecular formula is C16H28N4O2. The highest BCUT2D eigenvalue weighted by Crippen LogP contribution is 2.19. The average molecular weight is 308 g/mol. The van der Waals surface area contributed by atoms with Gasteiger partial charge < -0.3 is 20.4 Å². The van der Waals surface area contributed by atoms with E-state index in [0.29, 0.717) is 38.0 Å². The highest BCUT2D eigenvalue weighted by atomic mass is 16.2. The standard InChI is InChI=1S/C16H28N4O2/c21-15(13-1-5-17-6-2-13)19-9-11-20(12-10-19)16(22)14-3-7-18-8-4-14/h13-14,17-18H,1-12H2. The molecule has 3 fully saturated rings. The van der Waals surface area contributed by atoms with Crippen LogP contribution in [0.1, 0.15) is 25.7 Å². The lowest BCUT2D eigenvalue weighted by molar-refractivity contribution is -0.145. The van der Waals surface area contributed by atoms with Gasteiger partial charge >= 0.3 is 0 Å². The summed E-state index contributed by atoms with van der Waals surface area (Å²) in [5, 5.41) is 6.60. The van der Waals surface area contributed by atoms with E-state index in [9.17, 15) is 9.59 Å². The molecule has 3 saturated heterocycles. The third-order valence-electron chi connectivity index (χ3n) is 5.28. The normalized spacial score (nSPS) is 25.3. The van der Waals surface area contributed by atoms with Gasteiger partial charge in [0, 0.05) is 38.0 Å². The van der Waals surface area contributed by atoms with E-state index in [4.69, 9.17) is 0 Å². The van der Waals surface area contributed by atoms with Crippen LogP contribution in [0.4, 0.5) is 0 Å². The minimum atomic E-state index is 0.188. The maximum Gasteiger partial charge on any atom is 0.225 e. The number of hydrogen-bond acceptors (Lipinski definition) is 4. The third-order valence-corrected chi connectivity index (χ3v) is 5.28. The number of piperazine rings is 1. The Kier molecular flexibility index (Phi) is 5.31. The smallest absolute Gasteiger partial charge is 0.225 e. The summed E-state index contributed by atoms with van der Waals surface area (Å²) in [6.07, 6.45) is 3.81. The molecule has 0 aromatic rings. The van der Waals surface area contributed by atoms with E-state index in [-0.39, 0.29) is 11.8 Å². The molecule has 3 heterocycles. The third kappa shape index (κ3) is 3.60. The molecule has 2 N–H and O–H groups in total. The van der Waals surface area contributed by atoms with E-state index in [1.54, 1.807) is 0 Å². The van der Waals surface area contributed by atoms with Gasteiger partial charge in [-0.15, -0.1) is 0 Å². The summed E-state index contributed by atoms with van der Waals surface area (Å²) in [4.78, 5) is 29.0. The van der Waals surface area contributed by atoms with Gasteiger partial charge in [0.15, 0.2) is 0 Å². The summed E-state index contributed by atoms with van der Waals surface area (Å²) in [5.41, 5.74) is 0. The molecular weight excluding hydrogens is 280 g/mol. The maximum atomic E-state index is 12.5. The quantitative estimate of drug-likeness (QED) is 0.732. The molecule has 0 aliphatic carbocycles. The summed E-state index contributed by atoms with van der Waals surface area (Å²) in [6, 6.07) is 0. The molecule has 0 bridgehead atoms. The molecule has 0 unspecified atom stereocenters. The number of hydrogen-bond donors (Lipinski definition) is 2. The zero-order chi connectivity index (χ0) is 15.4. The number of amides is 2. The second-order valence-electron chi connectivity index (χ2n) is 6.70. The van der Waals surface area contributed by atoms with E-state index in [1.807, 2.05) is 9.80 Å². The Morgan fingerprint density at radius 1 is 0.636 bits per heavy atom. The maximum absolute atomic E-state index is 12.5. The fourth-order valence-electron chi connectivity index (χ4n) is 3.80. The summed E-state index contributed by atoms with van der Waals surface area (Å²) >= 11 is 0. The fraction of sp³-hybridized carbons (Fsp3) is 0.875. The van der Waals surface area contributed by atoms with Crippen LogP contribution in [0.25, 0.3) is 0 Å². The first kappa shape index (κ1) is 15.7. The number of rotatable bonds is 2. The summed E-state index contributed by atoms with van der Waals surface area (Å²) in [5.74, 6) is 0.978. The zero-order valence-corrected chi connectivity index (χ0v) is 13.4. The second kappa shape index (κ2) is 7.42. The highest BCUT2D eigenvalue weighted by molar-refractivity contribution is 5.81. The van der Waals surface area contributed by atoms with Crippen molar-refractivity contribution in [2.24, 2.45) is 11.8 Å². The lowest BCUT2D eigenvalue weighted by Gasteiger charge is -2.39.